The van der Waals surface area contributed by atoms with E-state index in [0.29, 0.717) is 19.1 Å². The lowest BCUT2D eigenvalue weighted by molar-refractivity contribution is -0.143. The van der Waals surface area contributed by atoms with Gasteiger partial charge in [0.15, 0.2) is 0 Å². The summed E-state index contributed by atoms with van der Waals surface area (Å²) in [5.74, 6) is 0.802. The fourth-order valence-electron chi connectivity index (χ4n) is 4.14. The maximum Gasteiger partial charge on any atom is 0.305 e. The second kappa shape index (κ2) is 8.60. The van der Waals surface area contributed by atoms with Gasteiger partial charge in [-0.1, -0.05) is 12.8 Å². The van der Waals surface area contributed by atoms with E-state index in [1.54, 1.807) is 11.8 Å². The highest BCUT2D eigenvalue weighted by atomic mass is 32.2. The van der Waals surface area contributed by atoms with Crippen molar-refractivity contribution in [2.75, 3.05) is 17.7 Å². The number of hydrogen-bond acceptors (Lipinski definition) is 5. The van der Waals surface area contributed by atoms with E-state index in [-0.39, 0.29) is 12.0 Å². The van der Waals surface area contributed by atoms with E-state index < -0.39 is 0 Å². The van der Waals surface area contributed by atoms with Crippen LogP contribution in [0.15, 0.2) is 23.2 Å². The SMILES string of the molecule is CCOC(=O)CCC1CSC(c2cc3cc(C)cc(NC4CCCC4)c3[nH]2)=N1. The van der Waals surface area contributed by atoms with E-state index in [0.717, 1.165) is 22.9 Å². The lowest BCUT2D eigenvalue weighted by Gasteiger charge is -2.15. The van der Waals surface area contributed by atoms with Crippen molar-refractivity contribution in [1.29, 1.82) is 0 Å². The van der Waals surface area contributed by atoms with Crippen molar-refractivity contribution in [1.82, 2.24) is 4.98 Å². The molecule has 6 heteroatoms. The molecule has 2 N–H and O–H groups in total. The summed E-state index contributed by atoms with van der Waals surface area (Å²) in [6, 6.07) is 7.46. The molecule has 4 rings (SSSR count). The highest BCUT2D eigenvalue weighted by molar-refractivity contribution is 8.14. The van der Waals surface area contributed by atoms with Gasteiger partial charge in [0.1, 0.15) is 5.04 Å². The number of H-pyrrole nitrogens is 1. The van der Waals surface area contributed by atoms with Gasteiger partial charge in [-0.05, 0) is 56.9 Å². The Kier molecular flexibility index (Phi) is 5.95. The first kappa shape index (κ1) is 19.4. The van der Waals surface area contributed by atoms with E-state index in [4.69, 9.17) is 9.73 Å². The first-order valence-corrected chi connectivity index (χ1v) is 11.4. The molecule has 0 spiro atoms. The number of aryl methyl sites for hydroxylation is 1. The molecule has 150 valence electrons. The molecule has 0 bridgehead atoms. The van der Waals surface area contributed by atoms with Crippen LogP contribution in [0.1, 0.15) is 56.7 Å². The van der Waals surface area contributed by atoms with Gasteiger partial charge in [-0.3, -0.25) is 9.79 Å². The van der Waals surface area contributed by atoms with Crippen LogP contribution in [0.4, 0.5) is 5.69 Å². The number of thioether (sulfide) groups is 1. The molecular weight excluding hydrogens is 370 g/mol. The number of aromatic amines is 1. The minimum atomic E-state index is -0.125. The zero-order valence-electron chi connectivity index (χ0n) is 16.7. The second-order valence-corrected chi connectivity index (χ2v) is 8.84. The third-order valence-corrected chi connectivity index (χ3v) is 6.67. The monoisotopic (exact) mass is 399 g/mol. The van der Waals surface area contributed by atoms with Gasteiger partial charge in [0, 0.05) is 23.6 Å². The van der Waals surface area contributed by atoms with Gasteiger partial charge in [-0.25, -0.2) is 0 Å². The van der Waals surface area contributed by atoms with Gasteiger partial charge in [0.05, 0.1) is 29.5 Å². The molecule has 1 unspecified atom stereocenters. The zero-order chi connectivity index (χ0) is 19.5. The molecular formula is C22H29N3O2S. The van der Waals surface area contributed by atoms with Gasteiger partial charge in [-0.2, -0.15) is 0 Å². The Morgan fingerprint density at radius 3 is 2.93 bits per heavy atom. The van der Waals surface area contributed by atoms with E-state index in [2.05, 4.69) is 35.4 Å². The summed E-state index contributed by atoms with van der Waals surface area (Å²) in [5.41, 5.74) is 4.73. The minimum Gasteiger partial charge on any atom is -0.466 e. The van der Waals surface area contributed by atoms with Crippen molar-refractivity contribution in [2.24, 2.45) is 4.99 Å². The van der Waals surface area contributed by atoms with Crippen LogP contribution in [-0.2, 0) is 9.53 Å². The average molecular weight is 400 g/mol. The Hall–Kier alpha value is -1.95. The van der Waals surface area contributed by atoms with Crippen LogP contribution in [0.2, 0.25) is 0 Å². The Morgan fingerprint density at radius 2 is 2.14 bits per heavy atom. The average Bonchev–Trinajstić information content (AvgIpc) is 3.40. The standard InChI is InChI=1S/C22H29N3O2S/c1-3-27-20(26)9-8-17-13-28-22(24-17)19-12-15-10-14(2)11-18(21(15)25-19)23-16-6-4-5-7-16/h10-12,16-17,23,25H,3-9,13H2,1-2H3. The number of rotatable bonds is 7. The summed E-state index contributed by atoms with van der Waals surface area (Å²) < 4.78 is 5.02. The number of aliphatic imine (C=N–C) groups is 1. The molecule has 0 radical (unpaired) electrons. The number of carbonyl (C=O) groups excluding carboxylic acids is 1. The van der Waals surface area contributed by atoms with E-state index in [1.807, 2.05) is 6.92 Å². The maximum atomic E-state index is 11.6. The summed E-state index contributed by atoms with van der Waals surface area (Å²) in [6.45, 7) is 4.44. The van der Waals surface area contributed by atoms with Crippen LogP contribution < -0.4 is 5.32 Å². The number of ether oxygens (including phenoxy) is 1. The Balaban J connectivity index is 1.51. The third kappa shape index (κ3) is 4.37. The van der Waals surface area contributed by atoms with E-state index >= 15 is 0 Å². The quantitative estimate of drug-likeness (QED) is 0.641. The zero-order valence-corrected chi connectivity index (χ0v) is 17.5. The third-order valence-electron chi connectivity index (χ3n) is 5.52. The van der Waals surface area contributed by atoms with Crippen molar-refractivity contribution in [3.63, 3.8) is 0 Å². The number of hydrogen-bond donors (Lipinski definition) is 2. The normalized spacial score (nSPS) is 19.9. The van der Waals surface area contributed by atoms with Crippen LogP contribution in [0, 0.1) is 6.92 Å². The summed E-state index contributed by atoms with van der Waals surface area (Å²) in [6.07, 6.45) is 6.36. The number of esters is 1. The van der Waals surface area contributed by atoms with Crippen LogP contribution in [0.5, 0.6) is 0 Å². The number of carbonyl (C=O) groups is 1. The van der Waals surface area contributed by atoms with E-state index in [9.17, 15) is 4.79 Å². The largest absolute Gasteiger partial charge is 0.466 e. The van der Waals surface area contributed by atoms with Crippen LogP contribution in [0.3, 0.4) is 0 Å². The summed E-state index contributed by atoms with van der Waals surface area (Å²) in [5, 5.41) is 6.03. The second-order valence-electron chi connectivity index (χ2n) is 7.83. The van der Waals surface area contributed by atoms with Gasteiger partial charge in [0.25, 0.3) is 0 Å². The number of aromatic nitrogens is 1. The molecule has 1 atom stereocenters. The molecule has 2 aliphatic rings. The fourth-order valence-corrected chi connectivity index (χ4v) is 5.22. The number of anilines is 1. The molecule has 1 aromatic heterocycles. The van der Waals surface area contributed by atoms with Crippen molar-refractivity contribution in [3.8, 4) is 0 Å². The number of fused-ring (bicyclic) bond motifs is 1. The first-order chi connectivity index (χ1) is 13.6. The van der Waals surface area contributed by atoms with Crippen LogP contribution in [-0.4, -0.2) is 40.4 Å². The number of nitrogens with zero attached hydrogens (tertiary/aromatic N) is 1. The van der Waals surface area contributed by atoms with Gasteiger partial charge < -0.3 is 15.0 Å². The van der Waals surface area contributed by atoms with Crippen molar-refractivity contribution in [2.45, 2.75) is 64.5 Å². The topological polar surface area (TPSA) is 66.5 Å². The summed E-state index contributed by atoms with van der Waals surface area (Å²) in [4.78, 5) is 20.1. The fraction of sp³-hybridized carbons (Fsp3) is 0.545. The van der Waals surface area contributed by atoms with Crippen molar-refractivity contribution in [3.05, 3.63) is 29.5 Å². The molecule has 5 nitrogen and oxygen atoms in total. The molecule has 28 heavy (non-hydrogen) atoms. The molecule has 2 aromatic rings. The van der Waals surface area contributed by atoms with Gasteiger partial charge >= 0.3 is 5.97 Å². The molecule has 1 fully saturated rings. The highest BCUT2D eigenvalue weighted by Crippen LogP contribution is 2.32. The predicted molar refractivity (Wildman–Crippen MR) is 118 cm³/mol. The smallest absolute Gasteiger partial charge is 0.305 e. The highest BCUT2D eigenvalue weighted by Gasteiger charge is 2.23. The lowest BCUT2D eigenvalue weighted by atomic mass is 10.1. The van der Waals surface area contributed by atoms with Crippen LogP contribution >= 0.6 is 11.8 Å². The molecule has 1 saturated carbocycles. The molecule has 0 amide bonds. The Labute approximate surface area is 170 Å². The van der Waals surface area contributed by atoms with Gasteiger partial charge in [0.2, 0.25) is 0 Å². The van der Waals surface area contributed by atoms with Crippen LogP contribution in [0.25, 0.3) is 10.9 Å². The molecule has 1 aromatic carbocycles. The summed E-state index contributed by atoms with van der Waals surface area (Å²) in [7, 11) is 0. The first-order valence-electron chi connectivity index (χ1n) is 10.4. The Morgan fingerprint density at radius 1 is 1.32 bits per heavy atom. The van der Waals surface area contributed by atoms with Crippen molar-refractivity contribution < 1.29 is 9.53 Å². The lowest BCUT2D eigenvalue weighted by Crippen LogP contribution is -2.14. The minimum absolute atomic E-state index is 0.125. The predicted octanol–water partition coefficient (Wildman–Crippen LogP) is 5.04. The number of benzene rings is 1. The maximum absolute atomic E-state index is 11.6. The molecule has 2 heterocycles. The van der Waals surface area contributed by atoms with E-state index in [1.165, 1.54) is 47.8 Å². The molecule has 0 saturated heterocycles. The Bertz CT molecular complexity index is 883. The summed E-state index contributed by atoms with van der Waals surface area (Å²) >= 11 is 1.77. The van der Waals surface area contributed by atoms with Crippen molar-refractivity contribution >= 4 is 39.4 Å². The number of nitrogens with one attached hydrogen (secondary N) is 2. The molecule has 1 aliphatic carbocycles. The molecule has 1 aliphatic heterocycles. The van der Waals surface area contributed by atoms with Gasteiger partial charge in [-0.15, -0.1) is 11.8 Å².